The maximum absolute atomic E-state index is 13.0. The van der Waals surface area contributed by atoms with Gasteiger partial charge in [-0.3, -0.25) is 0 Å². The topological polar surface area (TPSA) is 29.5 Å². The van der Waals surface area contributed by atoms with Gasteiger partial charge in [0.2, 0.25) is 0 Å². The van der Waals surface area contributed by atoms with Crippen LogP contribution in [-0.2, 0) is 10.3 Å². The molecular formula is C10H10ClFO2. The molecule has 0 amide bonds. The fourth-order valence-corrected chi connectivity index (χ4v) is 1.83. The molecule has 1 heterocycles. The van der Waals surface area contributed by atoms with Crippen molar-refractivity contribution in [2.45, 2.75) is 12.0 Å². The van der Waals surface area contributed by atoms with Crippen molar-refractivity contribution in [1.82, 2.24) is 0 Å². The predicted octanol–water partition coefficient (Wildman–Crippen LogP) is 2.09. The Hall–Kier alpha value is -0.640. The lowest BCUT2D eigenvalue weighted by molar-refractivity contribution is 0.0229. The molecule has 1 aromatic rings. The fraction of sp³-hybridized carbons (Fsp3) is 0.400. The van der Waals surface area contributed by atoms with E-state index in [-0.39, 0.29) is 6.61 Å². The minimum absolute atomic E-state index is 0.201. The average Bonchev–Trinajstić information content (AvgIpc) is 2.52. The van der Waals surface area contributed by atoms with Gasteiger partial charge in [0.15, 0.2) is 0 Å². The van der Waals surface area contributed by atoms with E-state index in [1.165, 1.54) is 12.1 Å². The summed E-state index contributed by atoms with van der Waals surface area (Å²) >= 11 is 5.70. The van der Waals surface area contributed by atoms with Gasteiger partial charge in [-0.2, -0.15) is 0 Å². The number of halogens is 2. The maximum Gasteiger partial charge on any atom is 0.125 e. The molecule has 0 bridgehead atoms. The van der Waals surface area contributed by atoms with Gasteiger partial charge < -0.3 is 9.84 Å². The van der Waals surface area contributed by atoms with Crippen molar-refractivity contribution in [3.8, 4) is 0 Å². The van der Waals surface area contributed by atoms with E-state index < -0.39 is 11.4 Å². The molecule has 1 saturated heterocycles. The van der Waals surface area contributed by atoms with Crippen LogP contribution in [0, 0.1) is 5.82 Å². The summed E-state index contributed by atoms with van der Waals surface area (Å²) in [4.78, 5) is 0. The second kappa shape index (κ2) is 3.50. The Kier molecular flexibility index (Phi) is 2.47. The van der Waals surface area contributed by atoms with Gasteiger partial charge in [-0.25, -0.2) is 4.39 Å². The lowest BCUT2D eigenvalue weighted by Gasteiger charge is -2.20. The first-order chi connectivity index (χ1) is 6.60. The van der Waals surface area contributed by atoms with E-state index in [1.54, 1.807) is 6.07 Å². The van der Waals surface area contributed by atoms with Gasteiger partial charge in [0, 0.05) is 18.1 Å². The normalized spacial score (nSPS) is 26.8. The zero-order valence-electron chi connectivity index (χ0n) is 7.46. The summed E-state index contributed by atoms with van der Waals surface area (Å²) in [5.41, 5.74) is -0.592. The van der Waals surface area contributed by atoms with Crippen molar-refractivity contribution >= 4 is 11.6 Å². The Morgan fingerprint density at radius 3 is 2.79 bits per heavy atom. The second-order valence-corrected chi connectivity index (χ2v) is 3.93. The molecule has 76 valence electrons. The largest absolute Gasteiger partial charge is 0.383 e. The summed E-state index contributed by atoms with van der Waals surface area (Å²) in [6.07, 6.45) is 0.479. The molecule has 1 N–H and O–H groups in total. The van der Waals surface area contributed by atoms with E-state index in [0.29, 0.717) is 23.6 Å². The molecule has 0 spiro atoms. The number of hydrogen-bond acceptors (Lipinski definition) is 2. The third-order valence-corrected chi connectivity index (χ3v) is 2.62. The van der Waals surface area contributed by atoms with E-state index >= 15 is 0 Å². The maximum atomic E-state index is 13.0. The molecule has 1 fully saturated rings. The van der Waals surface area contributed by atoms with Crippen LogP contribution >= 0.6 is 11.6 Å². The van der Waals surface area contributed by atoms with Gasteiger partial charge in [-0.05, 0) is 23.8 Å². The van der Waals surface area contributed by atoms with E-state index in [9.17, 15) is 9.50 Å². The molecule has 0 aliphatic carbocycles. The van der Waals surface area contributed by atoms with Crippen LogP contribution in [0.4, 0.5) is 4.39 Å². The van der Waals surface area contributed by atoms with Crippen LogP contribution in [0.3, 0.4) is 0 Å². The Labute approximate surface area is 86.3 Å². The number of hydrogen-bond donors (Lipinski definition) is 1. The molecule has 2 rings (SSSR count). The first-order valence-corrected chi connectivity index (χ1v) is 4.75. The van der Waals surface area contributed by atoms with Crippen molar-refractivity contribution < 1.29 is 14.2 Å². The quantitative estimate of drug-likeness (QED) is 0.779. The van der Waals surface area contributed by atoms with Crippen LogP contribution in [-0.4, -0.2) is 18.3 Å². The molecule has 1 atom stereocenters. The van der Waals surface area contributed by atoms with Crippen LogP contribution in [0.25, 0.3) is 0 Å². The van der Waals surface area contributed by atoms with E-state index in [1.807, 2.05) is 0 Å². The zero-order valence-corrected chi connectivity index (χ0v) is 8.22. The minimum Gasteiger partial charge on any atom is -0.383 e. The molecule has 1 aliphatic rings. The van der Waals surface area contributed by atoms with Gasteiger partial charge in [-0.1, -0.05) is 11.6 Å². The Balaban J connectivity index is 2.40. The highest BCUT2D eigenvalue weighted by Crippen LogP contribution is 2.32. The zero-order chi connectivity index (χ0) is 10.2. The van der Waals surface area contributed by atoms with Crippen LogP contribution < -0.4 is 0 Å². The Bertz CT molecular complexity index is 328. The molecule has 2 nitrogen and oxygen atoms in total. The van der Waals surface area contributed by atoms with Crippen molar-refractivity contribution in [2.75, 3.05) is 13.2 Å². The highest BCUT2D eigenvalue weighted by atomic mass is 35.5. The molecule has 4 heteroatoms. The lowest BCUT2D eigenvalue weighted by atomic mass is 9.93. The SMILES string of the molecule is OC1(c2cc(F)cc(Cl)c2)CCOC1. The van der Waals surface area contributed by atoms with E-state index in [0.717, 1.165) is 0 Å². The average molecular weight is 217 g/mol. The third-order valence-electron chi connectivity index (χ3n) is 2.40. The number of aliphatic hydroxyl groups is 1. The molecule has 1 aromatic carbocycles. The Morgan fingerprint density at radius 1 is 1.43 bits per heavy atom. The van der Waals surface area contributed by atoms with Crippen LogP contribution in [0.15, 0.2) is 18.2 Å². The summed E-state index contributed by atoms with van der Waals surface area (Å²) in [6, 6.07) is 4.07. The number of ether oxygens (including phenoxy) is 1. The summed E-state index contributed by atoms with van der Waals surface area (Å²) < 4.78 is 18.1. The monoisotopic (exact) mass is 216 g/mol. The van der Waals surface area contributed by atoms with Gasteiger partial charge in [0.25, 0.3) is 0 Å². The number of benzene rings is 1. The third kappa shape index (κ3) is 1.75. The highest BCUT2D eigenvalue weighted by Gasteiger charge is 2.34. The summed E-state index contributed by atoms with van der Waals surface area (Å²) in [5.74, 6) is -0.437. The second-order valence-electron chi connectivity index (χ2n) is 3.49. The van der Waals surface area contributed by atoms with Gasteiger partial charge >= 0.3 is 0 Å². The first-order valence-electron chi connectivity index (χ1n) is 4.37. The first kappa shape index (κ1) is 9.90. The van der Waals surface area contributed by atoms with Crippen molar-refractivity contribution in [3.63, 3.8) is 0 Å². The minimum atomic E-state index is -1.08. The van der Waals surface area contributed by atoms with E-state index in [4.69, 9.17) is 16.3 Å². The molecule has 14 heavy (non-hydrogen) atoms. The van der Waals surface area contributed by atoms with Gasteiger partial charge in [0.1, 0.15) is 11.4 Å². The van der Waals surface area contributed by atoms with Crippen LogP contribution in [0.2, 0.25) is 5.02 Å². The Morgan fingerprint density at radius 2 is 2.21 bits per heavy atom. The molecule has 1 aliphatic heterocycles. The summed E-state index contributed by atoms with van der Waals surface area (Å²) in [5, 5.41) is 10.4. The van der Waals surface area contributed by atoms with Gasteiger partial charge in [-0.15, -0.1) is 0 Å². The fourth-order valence-electron chi connectivity index (χ4n) is 1.60. The highest BCUT2D eigenvalue weighted by molar-refractivity contribution is 6.30. The van der Waals surface area contributed by atoms with Crippen LogP contribution in [0.1, 0.15) is 12.0 Å². The smallest absolute Gasteiger partial charge is 0.125 e. The molecule has 1 unspecified atom stereocenters. The molecule has 0 radical (unpaired) electrons. The summed E-state index contributed by atoms with van der Waals surface area (Å²) in [7, 11) is 0. The van der Waals surface area contributed by atoms with Gasteiger partial charge in [0.05, 0.1) is 6.61 Å². The van der Waals surface area contributed by atoms with Crippen molar-refractivity contribution in [1.29, 1.82) is 0 Å². The summed E-state index contributed by atoms with van der Waals surface area (Å²) in [6.45, 7) is 0.692. The molecule has 0 saturated carbocycles. The van der Waals surface area contributed by atoms with Crippen LogP contribution in [0.5, 0.6) is 0 Å². The standard InChI is InChI=1S/C10H10ClFO2/c11-8-3-7(4-9(12)5-8)10(13)1-2-14-6-10/h3-5,13H,1-2,6H2. The molecule has 0 aromatic heterocycles. The van der Waals surface area contributed by atoms with E-state index in [2.05, 4.69) is 0 Å². The molecular weight excluding hydrogens is 207 g/mol. The van der Waals surface area contributed by atoms with Crippen molar-refractivity contribution in [3.05, 3.63) is 34.6 Å². The van der Waals surface area contributed by atoms with Crippen molar-refractivity contribution in [2.24, 2.45) is 0 Å². The lowest BCUT2D eigenvalue weighted by Crippen LogP contribution is -2.25. The predicted molar refractivity (Wildman–Crippen MR) is 50.7 cm³/mol. The number of rotatable bonds is 1.